The number of hydrogen-bond donors (Lipinski definition) is 0. The lowest BCUT2D eigenvalue weighted by atomic mass is 9.82. The highest BCUT2D eigenvalue weighted by molar-refractivity contribution is 6.12. The van der Waals surface area contributed by atoms with Gasteiger partial charge >= 0.3 is 0 Å². The van der Waals surface area contributed by atoms with Gasteiger partial charge in [0.25, 0.3) is 0 Å². The van der Waals surface area contributed by atoms with Gasteiger partial charge < -0.3 is 4.74 Å². The van der Waals surface area contributed by atoms with Crippen molar-refractivity contribution in [3.8, 4) is 5.75 Å². The van der Waals surface area contributed by atoms with E-state index in [2.05, 4.69) is 24.3 Å². The molecule has 0 unspecified atom stereocenters. The van der Waals surface area contributed by atoms with Crippen molar-refractivity contribution in [2.75, 3.05) is 7.11 Å². The third kappa shape index (κ3) is 1.99. The summed E-state index contributed by atoms with van der Waals surface area (Å²) < 4.78 is 5.18. The molecule has 0 spiro atoms. The van der Waals surface area contributed by atoms with Gasteiger partial charge in [-0.3, -0.25) is 0 Å². The van der Waals surface area contributed by atoms with E-state index in [-0.39, 0.29) is 5.82 Å². The lowest BCUT2D eigenvalue weighted by Crippen LogP contribution is -1.91. The molecule has 74 valence electrons. The number of benzene rings is 2. The van der Waals surface area contributed by atoms with Crippen LogP contribution in [0.3, 0.4) is 0 Å². The highest BCUT2D eigenvalue weighted by atomic mass is 16.5. The number of methoxy groups -OCH3 is 1. The Balaban J connectivity index is 2.55. The molecule has 0 bridgehead atoms. The van der Waals surface area contributed by atoms with E-state index in [1.807, 2.05) is 19.1 Å². The van der Waals surface area contributed by atoms with E-state index in [4.69, 9.17) is 12.6 Å². The minimum Gasteiger partial charge on any atom is -0.497 e. The zero-order chi connectivity index (χ0) is 10.8. The van der Waals surface area contributed by atoms with Gasteiger partial charge in [-0.05, 0) is 22.9 Å². The van der Waals surface area contributed by atoms with E-state index in [0.717, 1.165) is 11.3 Å². The molecule has 0 N–H and O–H groups in total. The van der Waals surface area contributed by atoms with Gasteiger partial charge in [-0.1, -0.05) is 42.6 Å². The Morgan fingerprint density at radius 3 is 2.40 bits per heavy atom. The molecule has 0 saturated heterocycles. The Labute approximate surface area is 91.5 Å². The summed E-state index contributed by atoms with van der Waals surface area (Å²) in [6.07, 6.45) is 0. The third-order valence-corrected chi connectivity index (χ3v) is 2.60. The van der Waals surface area contributed by atoms with Crippen LogP contribution in [-0.4, -0.2) is 15.0 Å². The van der Waals surface area contributed by atoms with Gasteiger partial charge in [0.2, 0.25) is 0 Å². The molecular formula is C13H13BO. The second-order valence-corrected chi connectivity index (χ2v) is 3.76. The van der Waals surface area contributed by atoms with Gasteiger partial charge in [0.05, 0.1) is 15.0 Å². The molecule has 0 fully saturated rings. The molecule has 15 heavy (non-hydrogen) atoms. The molecule has 0 aromatic heterocycles. The second kappa shape index (κ2) is 3.97. The van der Waals surface area contributed by atoms with Gasteiger partial charge in [-0.25, -0.2) is 0 Å². The normalized spacial score (nSPS) is 12.7. The number of rotatable bonds is 2. The van der Waals surface area contributed by atoms with Crippen molar-refractivity contribution < 1.29 is 4.74 Å². The number of fused-ring (bicyclic) bond motifs is 1. The lowest BCUT2D eigenvalue weighted by molar-refractivity contribution is 0.415. The predicted molar refractivity (Wildman–Crippen MR) is 64.7 cm³/mol. The summed E-state index contributed by atoms with van der Waals surface area (Å²) in [6, 6.07) is 12.3. The van der Waals surface area contributed by atoms with E-state index in [1.165, 1.54) is 10.8 Å². The Kier molecular flexibility index (Phi) is 2.67. The van der Waals surface area contributed by atoms with E-state index in [1.54, 1.807) is 7.11 Å². The maximum atomic E-state index is 5.84. The molecule has 2 aromatic rings. The number of hydrogen-bond acceptors (Lipinski definition) is 1. The molecule has 0 saturated carbocycles. The maximum Gasteiger partial charge on any atom is 0.119 e. The third-order valence-electron chi connectivity index (χ3n) is 2.60. The summed E-state index contributed by atoms with van der Waals surface area (Å²) in [7, 11) is 7.51. The van der Waals surface area contributed by atoms with Crippen LogP contribution in [0.25, 0.3) is 10.8 Å². The van der Waals surface area contributed by atoms with Crippen LogP contribution in [0.1, 0.15) is 18.3 Å². The average Bonchev–Trinajstić information content (AvgIpc) is 2.27. The molecule has 2 aromatic carbocycles. The van der Waals surface area contributed by atoms with E-state index in [9.17, 15) is 0 Å². The van der Waals surface area contributed by atoms with Crippen LogP contribution in [0.4, 0.5) is 0 Å². The zero-order valence-electron chi connectivity index (χ0n) is 9.03. The fourth-order valence-electron chi connectivity index (χ4n) is 1.65. The minimum atomic E-state index is 0.0801. The SMILES string of the molecule is [B][C@H](C)c1ccc2cc(OC)ccc2c1. The highest BCUT2D eigenvalue weighted by Gasteiger charge is 2.01. The Morgan fingerprint density at radius 2 is 1.73 bits per heavy atom. The van der Waals surface area contributed by atoms with Crippen LogP contribution < -0.4 is 4.74 Å². The molecule has 2 heteroatoms. The van der Waals surface area contributed by atoms with Gasteiger partial charge in [-0.2, -0.15) is 0 Å². The monoisotopic (exact) mass is 196 g/mol. The van der Waals surface area contributed by atoms with Crippen molar-refractivity contribution >= 4 is 18.6 Å². The number of ether oxygens (including phenoxy) is 1. The van der Waals surface area contributed by atoms with Crippen molar-refractivity contribution in [3.05, 3.63) is 42.0 Å². The highest BCUT2D eigenvalue weighted by Crippen LogP contribution is 2.23. The molecule has 0 aliphatic rings. The van der Waals surface area contributed by atoms with Crippen molar-refractivity contribution in [3.63, 3.8) is 0 Å². The first-order valence-corrected chi connectivity index (χ1v) is 5.04. The quantitative estimate of drug-likeness (QED) is 0.670. The predicted octanol–water partition coefficient (Wildman–Crippen LogP) is 3.08. The first-order chi connectivity index (χ1) is 7.20. The van der Waals surface area contributed by atoms with Crippen LogP contribution in [0.2, 0.25) is 0 Å². The van der Waals surface area contributed by atoms with E-state index >= 15 is 0 Å². The van der Waals surface area contributed by atoms with E-state index < -0.39 is 0 Å². The van der Waals surface area contributed by atoms with Gasteiger partial charge in [0.15, 0.2) is 0 Å². The van der Waals surface area contributed by atoms with Gasteiger partial charge in [-0.15, -0.1) is 0 Å². The molecule has 1 atom stereocenters. The largest absolute Gasteiger partial charge is 0.497 e. The Bertz CT molecular complexity index is 477. The topological polar surface area (TPSA) is 9.23 Å². The van der Waals surface area contributed by atoms with Crippen LogP contribution in [0, 0.1) is 0 Å². The second-order valence-electron chi connectivity index (χ2n) is 3.76. The average molecular weight is 196 g/mol. The minimum absolute atomic E-state index is 0.0801. The van der Waals surface area contributed by atoms with Crippen molar-refractivity contribution in [1.82, 2.24) is 0 Å². The van der Waals surface area contributed by atoms with Crippen molar-refractivity contribution in [1.29, 1.82) is 0 Å². The molecule has 0 heterocycles. The molecule has 0 amide bonds. The van der Waals surface area contributed by atoms with Gasteiger partial charge in [0, 0.05) is 0 Å². The molecular weight excluding hydrogens is 183 g/mol. The summed E-state index contributed by atoms with van der Waals surface area (Å²) in [5.41, 5.74) is 1.16. The summed E-state index contributed by atoms with van der Waals surface area (Å²) in [5.74, 6) is 0.965. The molecule has 2 rings (SSSR count). The fourth-order valence-corrected chi connectivity index (χ4v) is 1.65. The molecule has 1 nitrogen and oxygen atoms in total. The van der Waals surface area contributed by atoms with Crippen LogP contribution in [-0.2, 0) is 0 Å². The Morgan fingerprint density at radius 1 is 1.07 bits per heavy atom. The maximum absolute atomic E-state index is 5.84. The van der Waals surface area contributed by atoms with Crippen molar-refractivity contribution in [2.24, 2.45) is 0 Å². The summed E-state index contributed by atoms with van der Waals surface area (Å²) in [5, 5.41) is 2.38. The summed E-state index contributed by atoms with van der Waals surface area (Å²) in [6.45, 7) is 1.99. The van der Waals surface area contributed by atoms with Gasteiger partial charge in [0.1, 0.15) is 5.75 Å². The van der Waals surface area contributed by atoms with Crippen molar-refractivity contribution in [2.45, 2.75) is 12.7 Å². The molecule has 0 aliphatic heterocycles. The summed E-state index contributed by atoms with van der Waals surface area (Å²) in [4.78, 5) is 0. The summed E-state index contributed by atoms with van der Waals surface area (Å²) >= 11 is 0. The lowest BCUT2D eigenvalue weighted by Gasteiger charge is -2.08. The fraction of sp³-hybridized carbons (Fsp3) is 0.231. The zero-order valence-corrected chi connectivity index (χ0v) is 9.03. The van der Waals surface area contributed by atoms with Crippen LogP contribution in [0.5, 0.6) is 5.75 Å². The van der Waals surface area contributed by atoms with Crippen LogP contribution >= 0.6 is 0 Å². The standard InChI is InChI=1S/C13H13BO/c1-9(14)10-3-4-12-8-13(15-2)6-5-11(12)7-10/h3-9H,1-2H3/t9-/m1/s1. The molecule has 2 radical (unpaired) electrons. The first-order valence-electron chi connectivity index (χ1n) is 5.04. The Hall–Kier alpha value is -1.44. The first kappa shape index (κ1) is 10.1. The van der Waals surface area contributed by atoms with E-state index in [0.29, 0.717) is 0 Å². The molecule has 0 aliphatic carbocycles. The smallest absolute Gasteiger partial charge is 0.119 e. The van der Waals surface area contributed by atoms with Crippen LogP contribution in [0.15, 0.2) is 36.4 Å².